The van der Waals surface area contributed by atoms with Gasteiger partial charge in [0.05, 0.1) is 17.3 Å². The van der Waals surface area contributed by atoms with Gasteiger partial charge in [-0.05, 0) is 42.9 Å². The number of nitrogens with one attached hydrogen (secondary N) is 1. The van der Waals surface area contributed by atoms with Gasteiger partial charge in [-0.2, -0.15) is 0 Å². The molecule has 1 aromatic heterocycles. The number of thiazole rings is 1. The van der Waals surface area contributed by atoms with Gasteiger partial charge in [-0.15, -0.1) is 0 Å². The fourth-order valence-corrected chi connectivity index (χ4v) is 4.04. The van der Waals surface area contributed by atoms with Crippen LogP contribution >= 0.6 is 11.3 Å². The maximum Gasteiger partial charge on any atom is 0.183 e. The molecule has 0 bridgehead atoms. The van der Waals surface area contributed by atoms with Crippen molar-refractivity contribution in [1.82, 2.24) is 4.98 Å². The first-order valence-corrected chi connectivity index (χ1v) is 8.25. The van der Waals surface area contributed by atoms with E-state index in [1.54, 1.807) is 18.4 Å². The molecule has 1 heterocycles. The van der Waals surface area contributed by atoms with Gasteiger partial charge < -0.3 is 10.1 Å². The van der Waals surface area contributed by atoms with E-state index in [1.165, 1.54) is 36.8 Å². The Bertz CT molecular complexity index is 587. The van der Waals surface area contributed by atoms with E-state index in [1.807, 2.05) is 12.1 Å². The summed E-state index contributed by atoms with van der Waals surface area (Å²) >= 11 is 1.72. The van der Waals surface area contributed by atoms with E-state index in [9.17, 15) is 0 Å². The monoisotopic (exact) mass is 290 g/mol. The standard InChI is InChI=1S/C16H22N2OS/c1-3-16(8-4-5-9-16)11-17-15-18-13-7-6-12(19-2)10-14(13)20-15/h6-7,10H,3-5,8-9,11H2,1-2H3,(H,17,18). The Morgan fingerprint density at radius 1 is 1.35 bits per heavy atom. The van der Waals surface area contributed by atoms with Crippen LogP contribution in [0.1, 0.15) is 39.0 Å². The third-order valence-electron chi connectivity index (χ3n) is 4.62. The van der Waals surface area contributed by atoms with E-state index < -0.39 is 0 Å². The molecule has 3 rings (SSSR count). The Morgan fingerprint density at radius 2 is 2.15 bits per heavy atom. The molecule has 0 radical (unpaired) electrons. The number of nitrogens with zero attached hydrogens (tertiary/aromatic N) is 1. The maximum atomic E-state index is 5.26. The van der Waals surface area contributed by atoms with Gasteiger partial charge in [-0.1, -0.05) is 31.1 Å². The van der Waals surface area contributed by atoms with Crippen LogP contribution in [0.15, 0.2) is 18.2 Å². The maximum absolute atomic E-state index is 5.26. The fourth-order valence-electron chi connectivity index (χ4n) is 3.15. The molecule has 1 aromatic carbocycles. The number of rotatable bonds is 5. The zero-order chi connectivity index (χ0) is 14.0. The summed E-state index contributed by atoms with van der Waals surface area (Å²) in [5.41, 5.74) is 1.55. The minimum atomic E-state index is 0.496. The van der Waals surface area contributed by atoms with Crippen molar-refractivity contribution in [3.8, 4) is 5.75 Å². The number of ether oxygens (including phenoxy) is 1. The molecule has 2 aromatic rings. The summed E-state index contributed by atoms with van der Waals surface area (Å²) in [5, 5.41) is 4.61. The van der Waals surface area contributed by atoms with E-state index in [4.69, 9.17) is 4.74 Å². The third kappa shape index (κ3) is 2.62. The highest BCUT2D eigenvalue weighted by Crippen LogP contribution is 2.41. The van der Waals surface area contributed by atoms with Crippen LogP contribution in [-0.4, -0.2) is 18.6 Å². The molecule has 108 valence electrons. The Morgan fingerprint density at radius 3 is 2.85 bits per heavy atom. The lowest BCUT2D eigenvalue weighted by Crippen LogP contribution is -2.25. The Kier molecular flexibility index (Phi) is 3.83. The van der Waals surface area contributed by atoms with E-state index >= 15 is 0 Å². The molecule has 1 fully saturated rings. The molecule has 0 saturated heterocycles. The predicted molar refractivity (Wildman–Crippen MR) is 85.9 cm³/mol. The van der Waals surface area contributed by atoms with Gasteiger partial charge in [-0.25, -0.2) is 4.98 Å². The first kappa shape index (κ1) is 13.7. The minimum Gasteiger partial charge on any atom is -0.497 e. The van der Waals surface area contributed by atoms with Crippen LogP contribution in [0.25, 0.3) is 10.2 Å². The number of anilines is 1. The molecule has 0 atom stereocenters. The highest BCUT2D eigenvalue weighted by Gasteiger charge is 2.31. The number of aromatic nitrogens is 1. The van der Waals surface area contributed by atoms with Crippen molar-refractivity contribution < 1.29 is 4.74 Å². The highest BCUT2D eigenvalue weighted by molar-refractivity contribution is 7.22. The summed E-state index contributed by atoms with van der Waals surface area (Å²) in [6.07, 6.45) is 6.74. The molecule has 0 unspecified atom stereocenters. The number of hydrogen-bond donors (Lipinski definition) is 1. The number of fused-ring (bicyclic) bond motifs is 1. The van der Waals surface area contributed by atoms with Gasteiger partial charge in [0.25, 0.3) is 0 Å². The van der Waals surface area contributed by atoms with Gasteiger partial charge >= 0.3 is 0 Å². The molecule has 3 nitrogen and oxygen atoms in total. The molecule has 4 heteroatoms. The van der Waals surface area contributed by atoms with Crippen molar-refractivity contribution >= 4 is 26.7 Å². The molecule has 0 aliphatic heterocycles. The Labute approximate surface area is 124 Å². The van der Waals surface area contributed by atoms with Crippen LogP contribution < -0.4 is 10.1 Å². The largest absolute Gasteiger partial charge is 0.497 e. The van der Waals surface area contributed by atoms with E-state index in [0.29, 0.717) is 5.41 Å². The van der Waals surface area contributed by atoms with Gasteiger partial charge in [0.1, 0.15) is 5.75 Å². The molecular formula is C16H22N2OS. The molecule has 1 aliphatic rings. The summed E-state index contributed by atoms with van der Waals surface area (Å²) in [6.45, 7) is 3.37. The quantitative estimate of drug-likeness (QED) is 0.867. The van der Waals surface area contributed by atoms with Gasteiger partial charge in [0, 0.05) is 6.54 Å². The van der Waals surface area contributed by atoms with Crippen molar-refractivity contribution in [3.63, 3.8) is 0 Å². The predicted octanol–water partition coefficient (Wildman–Crippen LogP) is 4.69. The van der Waals surface area contributed by atoms with E-state index in [2.05, 4.69) is 23.3 Å². The highest BCUT2D eigenvalue weighted by atomic mass is 32.1. The van der Waals surface area contributed by atoms with Crippen molar-refractivity contribution in [2.24, 2.45) is 5.41 Å². The van der Waals surface area contributed by atoms with Crippen LogP contribution in [0.3, 0.4) is 0 Å². The molecule has 1 aliphatic carbocycles. The summed E-state index contributed by atoms with van der Waals surface area (Å²) in [5.74, 6) is 0.897. The lowest BCUT2D eigenvalue weighted by molar-refractivity contribution is 0.307. The fraction of sp³-hybridized carbons (Fsp3) is 0.562. The second-order valence-electron chi connectivity index (χ2n) is 5.77. The lowest BCUT2D eigenvalue weighted by Gasteiger charge is -2.27. The average molecular weight is 290 g/mol. The SMILES string of the molecule is CCC1(CNc2nc3ccc(OC)cc3s2)CCCC1. The smallest absolute Gasteiger partial charge is 0.183 e. The zero-order valence-corrected chi connectivity index (χ0v) is 13.1. The van der Waals surface area contributed by atoms with Crippen molar-refractivity contribution in [1.29, 1.82) is 0 Å². The van der Waals surface area contributed by atoms with Gasteiger partial charge in [-0.3, -0.25) is 0 Å². The second-order valence-corrected chi connectivity index (χ2v) is 6.80. The summed E-state index contributed by atoms with van der Waals surface area (Å²) < 4.78 is 6.45. The van der Waals surface area contributed by atoms with Crippen LogP contribution in [0.4, 0.5) is 5.13 Å². The lowest BCUT2D eigenvalue weighted by atomic mass is 9.83. The molecule has 20 heavy (non-hydrogen) atoms. The molecular weight excluding hydrogens is 268 g/mol. The third-order valence-corrected chi connectivity index (χ3v) is 5.60. The topological polar surface area (TPSA) is 34.2 Å². The van der Waals surface area contributed by atoms with Crippen LogP contribution in [0.2, 0.25) is 0 Å². The summed E-state index contributed by atoms with van der Waals surface area (Å²) in [6, 6.07) is 6.06. The second kappa shape index (κ2) is 5.60. The van der Waals surface area contributed by atoms with E-state index in [0.717, 1.165) is 22.9 Å². The van der Waals surface area contributed by atoms with Crippen molar-refractivity contribution in [3.05, 3.63) is 18.2 Å². The molecule has 0 spiro atoms. The molecule has 1 saturated carbocycles. The van der Waals surface area contributed by atoms with Crippen LogP contribution in [0.5, 0.6) is 5.75 Å². The Hall–Kier alpha value is -1.29. The normalized spacial score (nSPS) is 17.5. The van der Waals surface area contributed by atoms with Gasteiger partial charge in [0.15, 0.2) is 5.13 Å². The number of benzene rings is 1. The molecule has 1 N–H and O–H groups in total. The first-order valence-electron chi connectivity index (χ1n) is 7.43. The van der Waals surface area contributed by atoms with Crippen molar-refractivity contribution in [2.45, 2.75) is 39.0 Å². The zero-order valence-electron chi connectivity index (χ0n) is 12.2. The first-order chi connectivity index (χ1) is 9.74. The Balaban J connectivity index is 1.74. The minimum absolute atomic E-state index is 0.496. The van der Waals surface area contributed by atoms with Gasteiger partial charge in [0.2, 0.25) is 0 Å². The summed E-state index contributed by atoms with van der Waals surface area (Å²) in [7, 11) is 1.70. The van der Waals surface area contributed by atoms with Crippen molar-refractivity contribution in [2.75, 3.05) is 19.0 Å². The average Bonchev–Trinajstić information content (AvgIpc) is 3.11. The summed E-state index contributed by atoms with van der Waals surface area (Å²) in [4.78, 5) is 4.67. The number of hydrogen-bond acceptors (Lipinski definition) is 4. The van der Waals surface area contributed by atoms with E-state index in [-0.39, 0.29) is 0 Å². The number of methoxy groups -OCH3 is 1. The van der Waals surface area contributed by atoms with Crippen LogP contribution in [-0.2, 0) is 0 Å². The molecule has 0 amide bonds. The van der Waals surface area contributed by atoms with Crippen LogP contribution in [0, 0.1) is 5.41 Å².